The van der Waals surface area contributed by atoms with Crippen LogP contribution in [0.1, 0.15) is 39.2 Å². The van der Waals surface area contributed by atoms with Crippen LogP contribution in [-0.4, -0.2) is 44.6 Å². The van der Waals surface area contributed by atoms with Crippen LogP contribution in [-0.2, 0) is 11.2 Å². The lowest BCUT2D eigenvalue weighted by Gasteiger charge is -2.33. The zero-order valence-electron chi connectivity index (χ0n) is 16.0. The van der Waals surface area contributed by atoms with Crippen LogP contribution in [0.15, 0.2) is 30.9 Å². The monoisotopic (exact) mass is 388 g/mol. The van der Waals surface area contributed by atoms with Gasteiger partial charge in [-0.25, -0.2) is 14.8 Å². The second kappa shape index (κ2) is 8.21. The largest absolute Gasteiger partial charge is 0.444 e. The quantitative estimate of drug-likeness (QED) is 0.730. The van der Waals surface area contributed by atoms with Crippen molar-refractivity contribution in [2.24, 2.45) is 5.92 Å². The molecule has 1 fully saturated rings. The summed E-state index contributed by atoms with van der Waals surface area (Å²) in [7, 11) is 0. The topological polar surface area (TPSA) is 68.2 Å². The molecule has 7 heteroatoms. The number of aromatic nitrogens is 3. The van der Waals surface area contributed by atoms with Crippen LogP contribution < -0.4 is 0 Å². The number of carbonyl (C=O) groups is 1. The summed E-state index contributed by atoms with van der Waals surface area (Å²) in [6.45, 7) is 7.14. The Balaban J connectivity index is 1.57. The number of carbonyl (C=O) groups excluding carboxylic acids is 1. The average molecular weight is 389 g/mol. The Kier molecular flexibility index (Phi) is 5.95. The number of likely N-dealkylation sites (tertiary alicyclic amines) is 1. The second-order valence-corrected chi connectivity index (χ2v) is 8.28. The number of hydrogen-bond donors (Lipinski definition) is 0. The van der Waals surface area contributed by atoms with E-state index in [-0.39, 0.29) is 11.4 Å². The predicted octanol–water partition coefficient (Wildman–Crippen LogP) is 4.38. The summed E-state index contributed by atoms with van der Waals surface area (Å²) in [6.07, 6.45) is 9.78. The summed E-state index contributed by atoms with van der Waals surface area (Å²) in [5.41, 5.74) is 2.60. The maximum atomic E-state index is 12.2. The van der Waals surface area contributed by atoms with Crippen molar-refractivity contribution < 1.29 is 9.53 Å². The van der Waals surface area contributed by atoms with Crippen molar-refractivity contribution in [3.8, 4) is 11.1 Å². The Hall–Kier alpha value is -2.21. The molecule has 27 heavy (non-hydrogen) atoms. The van der Waals surface area contributed by atoms with Gasteiger partial charge in [-0.05, 0) is 69.2 Å². The van der Waals surface area contributed by atoms with E-state index in [0.717, 1.165) is 43.5 Å². The van der Waals surface area contributed by atoms with Crippen LogP contribution in [0.25, 0.3) is 11.1 Å². The lowest BCUT2D eigenvalue weighted by Crippen LogP contribution is -2.42. The SMILES string of the molecule is CC(C)(C)OC(=O)N1CCC(Cc2cncc(-c3cnc(Cl)nc3)c2)CC1. The minimum Gasteiger partial charge on any atom is -0.444 e. The molecule has 144 valence electrons. The number of hydrogen-bond acceptors (Lipinski definition) is 5. The Morgan fingerprint density at radius 3 is 2.44 bits per heavy atom. The molecule has 0 N–H and O–H groups in total. The fraction of sp³-hybridized carbons (Fsp3) is 0.500. The molecule has 1 aliphatic rings. The molecule has 0 atom stereocenters. The molecule has 3 heterocycles. The van der Waals surface area contributed by atoms with Gasteiger partial charge in [0.2, 0.25) is 5.28 Å². The molecule has 1 saturated heterocycles. The van der Waals surface area contributed by atoms with Gasteiger partial charge in [0, 0.05) is 49.0 Å². The number of amides is 1. The Labute approximate surface area is 164 Å². The molecular weight excluding hydrogens is 364 g/mol. The Morgan fingerprint density at radius 2 is 1.81 bits per heavy atom. The standard InChI is InChI=1S/C20H25ClN4O2/c1-20(2,3)27-19(26)25-6-4-14(5-7-25)8-15-9-16(11-22-10-15)17-12-23-18(21)24-13-17/h9-14H,4-8H2,1-3H3. The molecule has 0 bridgehead atoms. The van der Waals surface area contributed by atoms with E-state index < -0.39 is 5.60 Å². The summed E-state index contributed by atoms with van der Waals surface area (Å²) < 4.78 is 5.46. The maximum absolute atomic E-state index is 12.2. The van der Waals surface area contributed by atoms with Gasteiger partial charge in [-0.1, -0.05) is 0 Å². The molecule has 1 aliphatic heterocycles. The molecule has 6 nitrogen and oxygen atoms in total. The fourth-order valence-corrected chi connectivity index (χ4v) is 3.30. The zero-order chi connectivity index (χ0) is 19.4. The summed E-state index contributed by atoms with van der Waals surface area (Å²) in [5.74, 6) is 0.530. The smallest absolute Gasteiger partial charge is 0.410 e. The van der Waals surface area contributed by atoms with Crippen molar-refractivity contribution >= 4 is 17.7 Å². The first-order valence-corrected chi connectivity index (χ1v) is 9.58. The number of rotatable bonds is 3. The van der Waals surface area contributed by atoms with E-state index in [9.17, 15) is 4.79 Å². The van der Waals surface area contributed by atoms with E-state index in [1.165, 1.54) is 5.56 Å². The molecular formula is C20H25ClN4O2. The van der Waals surface area contributed by atoms with Crippen LogP contribution >= 0.6 is 11.6 Å². The second-order valence-electron chi connectivity index (χ2n) is 7.94. The van der Waals surface area contributed by atoms with E-state index in [0.29, 0.717) is 5.92 Å². The molecule has 2 aromatic heterocycles. The highest BCUT2D eigenvalue weighted by molar-refractivity contribution is 6.28. The van der Waals surface area contributed by atoms with Gasteiger partial charge in [0.25, 0.3) is 0 Å². The van der Waals surface area contributed by atoms with E-state index >= 15 is 0 Å². The maximum Gasteiger partial charge on any atom is 0.410 e. The lowest BCUT2D eigenvalue weighted by molar-refractivity contribution is 0.0184. The summed E-state index contributed by atoms with van der Waals surface area (Å²) >= 11 is 5.75. The summed E-state index contributed by atoms with van der Waals surface area (Å²) in [5, 5.41) is 0.236. The van der Waals surface area contributed by atoms with Gasteiger partial charge in [-0.3, -0.25) is 4.98 Å². The highest BCUT2D eigenvalue weighted by Crippen LogP contribution is 2.25. The Morgan fingerprint density at radius 1 is 1.15 bits per heavy atom. The van der Waals surface area contributed by atoms with E-state index in [4.69, 9.17) is 16.3 Å². The highest BCUT2D eigenvalue weighted by atomic mass is 35.5. The van der Waals surface area contributed by atoms with Crippen LogP contribution in [0.5, 0.6) is 0 Å². The van der Waals surface area contributed by atoms with E-state index in [2.05, 4.69) is 21.0 Å². The van der Waals surface area contributed by atoms with Crippen LogP contribution in [0.4, 0.5) is 4.79 Å². The number of nitrogens with zero attached hydrogens (tertiary/aromatic N) is 4. The summed E-state index contributed by atoms with van der Waals surface area (Å²) in [4.78, 5) is 26.4. The van der Waals surface area contributed by atoms with Crippen molar-refractivity contribution in [3.63, 3.8) is 0 Å². The van der Waals surface area contributed by atoms with Gasteiger partial charge in [0.15, 0.2) is 0 Å². The van der Waals surface area contributed by atoms with Gasteiger partial charge < -0.3 is 9.64 Å². The van der Waals surface area contributed by atoms with Gasteiger partial charge in [-0.15, -0.1) is 0 Å². The molecule has 0 aromatic carbocycles. The Bertz CT molecular complexity index is 781. The third-order valence-corrected chi connectivity index (χ3v) is 4.73. The normalized spacial score (nSPS) is 15.6. The first-order valence-electron chi connectivity index (χ1n) is 9.20. The van der Waals surface area contributed by atoms with Gasteiger partial charge in [0.05, 0.1) is 0 Å². The van der Waals surface area contributed by atoms with Crippen molar-refractivity contribution in [1.82, 2.24) is 19.9 Å². The predicted molar refractivity (Wildman–Crippen MR) is 105 cm³/mol. The number of halogens is 1. The molecule has 0 spiro atoms. The fourth-order valence-electron chi connectivity index (χ4n) is 3.20. The first kappa shape index (κ1) is 19.5. The van der Waals surface area contributed by atoms with Crippen molar-refractivity contribution in [3.05, 3.63) is 41.7 Å². The molecule has 0 saturated carbocycles. The molecule has 0 aliphatic carbocycles. The van der Waals surface area contributed by atoms with Crippen molar-refractivity contribution in [2.75, 3.05) is 13.1 Å². The average Bonchev–Trinajstić information content (AvgIpc) is 2.62. The molecule has 2 aromatic rings. The number of ether oxygens (including phenoxy) is 1. The van der Waals surface area contributed by atoms with Crippen molar-refractivity contribution in [1.29, 1.82) is 0 Å². The van der Waals surface area contributed by atoms with E-state index in [1.807, 2.05) is 31.9 Å². The molecule has 0 radical (unpaired) electrons. The summed E-state index contributed by atoms with van der Waals surface area (Å²) in [6, 6.07) is 2.12. The molecule has 3 rings (SSSR count). The third kappa shape index (κ3) is 5.63. The molecule has 0 unspecified atom stereocenters. The van der Waals surface area contributed by atoms with Crippen LogP contribution in [0.3, 0.4) is 0 Å². The first-order chi connectivity index (χ1) is 12.8. The van der Waals surface area contributed by atoms with E-state index in [1.54, 1.807) is 18.6 Å². The van der Waals surface area contributed by atoms with Gasteiger partial charge in [0.1, 0.15) is 5.60 Å². The lowest BCUT2D eigenvalue weighted by atomic mass is 9.90. The minimum atomic E-state index is -0.453. The number of pyridine rings is 1. The minimum absolute atomic E-state index is 0.215. The van der Waals surface area contributed by atoms with Crippen LogP contribution in [0, 0.1) is 5.92 Å². The highest BCUT2D eigenvalue weighted by Gasteiger charge is 2.26. The van der Waals surface area contributed by atoms with Gasteiger partial charge in [-0.2, -0.15) is 0 Å². The molecule has 1 amide bonds. The van der Waals surface area contributed by atoms with Gasteiger partial charge >= 0.3 is 6.09 Å². The van der Waals surface area contributed by atoms with Crippen molar-refractivity contribution in [2.45, 2.75) is 45.6 Å². The third-order valence-electron chi connectivity index (χ3n) is 4.54. The number of piperidine rings is 1. The zero-order valence-corrected chi connectivity index (χ0v) is 16.7. The van der Waals surface area contributed by atoms with Crippen LogP contribution in [0.2, 0.25) is 5.28 Å².